The van der Waals surface area contributed by atoms with E-state index in [-0.39, 0.29) is 24.6 Å². The summed E-state index contributed by atoms with van der Waals surface area (Å²) < 4.78 is 17.0. The summed E-state index contributed by atoms with van der Waals surface area (Å²) in [5, 5.41) is 3.03. The number of nitrogens with two attached hydrogens (primary N) is 1. The molecule has 1 atom stereocenters. The lowest BCUT2D eigenvalue weighted by molar-refractivity contribution is -0.163. The van der Waals surface area contributed by atoms with Gasteiger partial charge in [-0.1, -0.05) is 60.7 Å². The van der Waals surface area contributed by atoms with Crippen LogP contribution in [0.15, 0.2) is 84.9 Å². The molecule has 1 aliphatic rings. The van der Waals surface area contributed by atoms with Gasteiger partial charge in [0.05, 0.1) is 0 Å². The van der Waals surface area contributed by atoms with Crippen molar-refractivity contribution in [3.8, 4) is 5.75 Å². The summed E-state index contributed by atoms with van der Waals surface area (Å²) in [6, 6.07) is 25.3. The molecule has 10 nitrogen and oxygen atoms in total. The van der Waals surface area contributed by atoms with Gasteiger partial charge in [-0.05, 0) is 69.0 Å². The number of nitrogens with zero attached hydrogens (tertiary/aromatic N) is 1. The topological polar surface area (TPSA) is 129 Å². The molecular formula is C33H39N3O7. The maximum atomic E-state index is 13.0. The highest BCUT2D eigenvalue weighted by atomic mass is 16.7. The number of esters is 1. The molecule has 1 fully saturated rings. The van der Waals surface area contributed by atoms with Crippen LogP contribution in [0.5, 0.6) is 5.75 Å². The number of hydrogen-bond donors (Lipinski definition) is 2. The Morgan fingerprint density at radius 2 is 1.44 bits per heavy atom. The third-order valence-corrected chi connectivity index (χ3v) is 6.87. The van der Waals surface area contributed by atoms with Crippen LogP contribution in [-0.4, -0.2) is 60.3 Å². The van der Waals surface area contributed by atoms with E-state index in [0.717, 1.165) is 11.1 Å². The average molecular weight is 590 g/mol. The Kier molecular flexibility index (Phi) is 10.7. The number of carbonyl (C=O) groups is 3. The first-order valence-electron chi connectivity index (χ1n) is 14.3. The smallest absolute Gasteiger partial charge is 0.410 e. The highest BCUT2D eigenvalue weighted by Crippen LogP contribution is 2.27. The van der Waals surface area contributed by atoms with E-state index in [4.69, 9.17) is 24.9 Å². The first-order chi connectivity index (χ1) is 20.6. The number of carbonyl (C=O) groups excluding carboxylic acids is 3. The van der Waals surface area contributed by atoms with Crippen molar-refractivity contribution in [2.45, 2.75) is 57.5 Å². The van der Waals surface area contributed by atoms with Gasteiger partial charge >= 0.3 is 12.1 Å². The van der Waals surface area contributed by atoms with Crippen LogP contribution in [0.1, 0.15) is 61.2 Å². The van der Waals surface area contributed by atoms with Gasteiger partial charge < -0.3 is 24.4 Å². The second-order valence-corrected chi connectivity index (χ2v) is 11.3. The summed E-state index contributed by atoms with van der Waals surface area (Å²) in [6.45, 7) is 6.34. The fraction of sp³-hybridized carbons (Fsp3) is 0.364. The van der Waals surface area contributed by atoms with Gasteiger partial charge in [0.15, 0.2) is 6.10 Å². The highest BCUT2D eigenvalue weighted by molar-refractivity contribution is 5.94. The number of piperidine rings is 1. The minimum absolute atomic E-state index is 0.0498. The van der Waals surface area contributed by atoms with Crippen molar-refractivity contribution in [2.24, 2.45) is 5.90 Å². The van der Waals surface area contributed by atoms with Crippen molar-refractivity contribution in [1.82, 2.24) is 10.2 Å². The minimum Gasteiger partial charge on any atom is -0.490 e. The van der Waals surface area contributed by atoms with E-state index in [0.29, 0.717) is 37.2 Å². The molecular weight excluding hydrogens is 550 g/mol. The van der Waals surface area contributed by atoms with Crippen LogP contribution < -0.4 is 16.0 Å². The van der Waals surface area contributed by atoms with Crippen molar-refractivity contribution < 1.29 is 33.4 Å². The lowest BCUT2D eigenvalue weighted by atomic mass is 10.0. The Morgan fingerprint density at radius 1 is 0.884 bits per heavy atom. The van der Waals surface area contributed by atoms with Crippen LogP contribution in [0.2, 0.25) is 0 Å². The fourth-order valence-corrected chi connectivity index (χ4v) is 4.62. The molecule has 3 N–H and O–H groups in total. The second kappa shape index (κ2) is 14.7. The Labute approximate surface area is 252 Å². The molecule has 1 heterocycles. The van der Waals surface area contributed by atoms with Crippen LogP contribution >= 0.6 is 0 Å². The van der Waals surface area contributed by atoms with E-state index in [1.165, 1.54) is 0 Å². The molecule has 2 amide bonds. The van der Waals surface area contributed by atoms with Gasteiger partial charge in [-0.15, -0.1) is 0 Å². The zero-order valence-corrected chi connectivity index (χ0v) is 24.7. The predicted molar refractivity (Wildman–Crippen MR) is 160 cm³/mol. The molecule has 1 aliphatic heterocycles. The summed E-state index contributed by atoms with van der Waals surface area (Å²) in [7, 11) is 0. The largest absolute Gasteiger partial charge is 0.490 e. The van der Waals surface area contributed by atoms with E-state index in [1.807, 2.05) is 81.4 Å². The van der Waals surface area contributed by atoms with E-state index >= 15 is 0 Å². The zero-order valence-electron chi connectivity index (χ0n) is 24.7. The quantitative estimate of drug-likeness (QED) is 0.255. The number of rotatable bonds is 10. The van der Waals surface area contributed by atoms with Crippen molar-refractivity contribution in [2.75, 3.05) is 19.7 Å². The number of ether oxygens (including phenoxy) is 3. The summed E-state index contributed by atoms with van der Waals surface area (Å²) in [4.78, 5) is 44.7. The van der Waals surface area contributed by atoms with E-state index in [1.54, 1.807) is 29.2 Å². The van der Waals surface area contributed by atoms with Crippen molar-refractivity contribution in [3.63, 3.8) is 0 Å². The van der Waals surface area contributed by atoms with E-state index < -0.39 is 23.8 Å². The molecule has 43 heavy (non-hydrogen) atoms. The Morgan fingerprint density at radius 3 is 1.95 bits per heavy atom. The fourth-order valence-electron chi connectivity index (χ4n) is 4.62. The SMILES string of the molecule is CC(C)(C)OC(=O)N1CCC(NC(=O)c2ccc(OC[C@H](ON)C(=O)OC(c3ccccc3)c3ccccc3)cc2)CC1. The molecule has 0 aromatic heterocycles. The summed E-state index contributed by atoms with van der Waals surface area (Å²) in [5.41, 5.74) is 1.52. The van der Waals surface area contributed by atoms with Gasteiger partial charge in [0.2, 0.25) is 6.10 Å². The molecule has 228 valence electrons. The molecule has 3 aromatic rings. The first kappa shape index (κ1) is 31.5. The molecule has 0 spiro atoms. The molecule has 0 unspecified atom stereocenters. The van der Waals surface area contributed by atoms with Gasteiger partial charge in [0, 0.05) is 24.7 Å². The molecule has 4 rings (SSSR count). The average Bonchev–Trinajstić information content (AvgIpc) is 3.01. The first-order valence-corrected chi connectivity index (χ1v) is 14.3. The van der Waals surface area contributed by atoms with Crippen molar-refractivity contribution in [1.29, 1.82) is 0 Å². The second-order valence-electron chi connectivity index (χ2n) is 11.3. The van der Waals surface area contributed by atoms with Crippen LogP contribution in [-0.2, 0) is 19.1 Å². The molecule has 0 aliphatic carbocycles. The Hall–Kier alpha value is -4.41. The lowest BCUT2D eigenvalue weighted by Gasteiger charge is -2.33. The van der Waals surface area contributed by atoms with Crippen molar-refractivity contribution in [3.05, 3.63) is 102 Å². The summed E-state index contributed by atoms with van der Waals surface area (Å²) >= 11 is 0. The van der Waals surface area contributed by atoms with Gasteiger partial charge in [0.1, 0.15) is 18.0 Å². The molecule has 1 saturated heterocycles. The Bertz CT molecular complexity index is 1300. The number of hydrogen-bond acceptors (Lipinski definition) is 8. The van der Waals surface area contributed by atoms with Crippen LogP contribution in [0.4, 0.5) is 4.79 Å². The zero-order chi connectivity index (χ0) is 30.8. The molecule has 0 radical (unpaired) electrons. The Balaban J connectivity index is 1.27. The third-order valence-electron chi connectivity index (χ3n) is 6.87. The maximum Gasteiger partial charge on any atom is 0.410 e. The highest BCUT2D eigenvalue weighted by Gasteiger charge is 2.29. The molecule has 0 saturated carbocycles. The van der Waals surface area contributed by atoms with E-state index in [2.05, 4.69) is 5.32 Å². The van der Waals surface area contributed by atoms with E-state index in [9.17, 15) is 14.4 Å². The monoisotopic (exact) mass is 589 g/mol. The van der Waals surface area contributed by atoms with Crippen LogP contribution in [0, 0.1) is 0 Å². The molecule has 3 aromatic carbocycles. The number of benzene rings is 3. The number of nitrogens with one attached hydrogen (secondary N) is 1. The maximum absolute atomic E-state index is 13.0. The molecule has 0 bridgehead atoms. The number of amides is 2. The number of likely N-dealkylation sites (tertiary alicyclic amines) is 1. The minimum atomic E-state index is -1.18. The van der Waals surface area contributed by atoms with Gasteiger partial charge in [-0.25, -0.2) is 15.5 Å². The van der Waals surface area contributed by atoms with Crippen molar-refractivity contribution >= 4 is 18.0 Å². The van der Waals surface area contributed by atoms with Crippen LogP contribution in [0.25, 0.3) is 0 Å². The predicted octanol–water partition coefficient (Wildman–Crippen LogP) is 4.79. The van der Waals surface area contributed by atoms with Crippen LogP contribution in [0.3, 0.4) is 0 Å². The summed E-state index contributed by atoms with van der Waals surface area (Å²) in [6.07, 6.45) is -0.883. The van der Waals surface area contributed by atoms with Gasteiger partial charge in [-0.2, -0.15) is 0 Å². The molecule has 10 heteroatoms. The standard InChI is InChI=1S/C33H39N3O7/c1-33(2,3)42-32(39)36-20-18-26(19-21-36)35-30(37)25-14-16-27(17-15-25)40-22-28(43-34)31(38)41-29(23-10-6-4-7-11-23)24-12-8-5-9-13-24/h4-17,26,28-29H,18-22,34H2,1-3H3,(H,35,37)/t28-/m0/s1. The summed E-state index contributed by atoms with van der Waals surface area (Å²) in [5.74, 6) is 4.97. The third kappa shape index (κ3) is 9.29. The normalized spacial score (nSPS) is 14.6. The van der Waals surface area contributed by atoms with Gasteiger partial charge in [-0.3, -0.25) is 9.63 Å². The van der Waals surface area contributed by atoms with Gasteiger partial charge in [0.25, 0.3) is 5.91 Å². The lowest BCUT2D eigenvalue weighted by Crippen LogP contribution is -2.47.